The van der Waals surface area contributed by atoms with Gasteiger partial charge >= 0.3 is 0 Å². The van der Waals surface area contributed by atoms with Gasteiger partial charge < -0.3 is 15.0 Å². The monoisotopic (exact) mass is 439 g/mol. The van der Waals surface area contributed by atoms with Crippen LogP contribution in [0, 0.1) is 13.8 Å². The second kappa shape index (κ2) is 9.36. The molecular weight excluding hydrogens is 415 g/mol. The van der Waals surface area contributed by atoms with Crippen LogP contribution < -0.4 is 5.32 Å². The quantitative estimate of drug-likeness (QED) is 0.447. The Morgan fingerprint density at radius 2 is 2.17 bits per heavy atom. The summed E-state index contributed by atoms with van der Waals surface area (Å²) in [6, 6.07) is 6.27. The fraction of sp³-hybridized carbons (Fsp3) is 0.562. The minimum absolute atomic E-state index is 0. The molecule has 1 saturated heterocycles. The highest BCUT2D eigenvalue weighted by molar-refractivity contribution is 14.0. The maximum atomic E-state index is 12.4. The van der Waals surface area contributed by atoms with Crippen LogP contribution >= 0.6 is 24.0 Å². The van der Waals surface area contributed by atoms with Gasteiger partial charge in [-0.15, -0.1) is 24.0 Å². The Balaban J connectivity index is 0.00000264. The summed E-state index contributed by atoms with van der Waals surface area (Å²) in [5.74, 6) is 0.498. The molecule has 23 heavy (non-hydrogen) atoms. The lowest BCUT2D eigenvalue weighted by molar-refractivity contribution is -0.00857. The van der Waals surface area contributed by atoms with Crippen molar-refractivity contribution in [3.8, 4) is 0 Å². The predicted octanol–water partition coefficient (Wildman–Crippen LogP) is 3.14. The highest BCUT2D eigenvalue weighted by Gasteiger charge is 2.25. The number of alkyl halides is 2. The van der Waals surface area contributed by atoms with Crippen LogP contribution in [-0.4, -0.2) is 50.6 Å². The first-order valence-corrected chi connectivity index (χ1v) is 7.43. The van der Waals surface area contributed by atoms with E-state index < -0.39 is 13.0 Å². The number of nitrogens with zero attached hydrogens (tertiary/aromatic N) is 2. The summed E-state index contributed by atoms with van der Waals surface area (Å²) in [5.41, 5.74) is 3.53. The summed E-state index contributed by atoms with van der Waals surface area (Å²) < 4.78 is 30.6. The van der Waals surface area contributed by atoms with Gasteiger partial charge in [0.25, 0.3) is 6.43 Å². The average Bonchev–Trinajstić information content (AvgIpc) is 2.48. The van der Waals surface area contributed by atoms with Gasteiger partial charge in [-0.1, -0.05) is 23.8 Å². The number of nitrogens with one attached hydrogen (secondary N) is 1. The third-order valence-corrected chi connectivity index (χ3v) is 3.76. The van der Waals surface area contributed by atoms with E-state index in [2.05, 4.69) is 42.4 Å². The molecule has 0 spiro atoms. The van der Waals surface area contributed by atoms with E-state index >= 15 is 0 Å². The molecule has 0 aromatic heterocycles. The Kier molecular flexibility index (Phi) is 8.18. The molecule has 7 heteroatoms. The van der Waals surface area contributed by atoms with Gasteiger partial charge in [0.05, 0.1) is 19.7 Å². The van der Waals surface area contributed by atoms with Crippen LogP contribution in [0.5, 0.6) is 0 Å². The molecule has 2 rings (SSSR count). The lowest BCUT2D eigenvalue weighted by Crippen LogP contribution is -2.49. The molecule has 1 N–H and O–H groups in total. The summed E-state index contributed by atoms with van der Waals surface area (Å²) in [6.45, 7) is 5.53. The van der Waals surface area contributed by atoms with Crippen LogP contribution in [0.2, 0.25) is 0 Å². The van der Waals surface area contributed by atoms with Crippen molar-refractivity contribution in [2.45, 2.75) is 26.4 Å². The van der Waals surface area contributed by atoms with Crippen LogP contribution in [0.4, 0.5) is 8.78 Å². The molecule has 1 heterocycles. The van der Waals surface area contributed by atoms with E-state index in [4.69, 9.17) is 4.74 Å². The molecule has 1 atom stereocenters. The van der Waals surface area contributed by atoms with E-state index in [0.29, 0.717) is 25.7 Å². The molecule has 1 fully saturated rings. The predicted molar refractivity (Wildman–Crippen MR) is 99.0 cm³/mol. The summed E-state index contributed by atoms with van der Waals surface area (Å²) in [5, 5.41) is 2.70. The Labute approximate surface area is 153 Å². The van der Waals surface area contributed by atoms with Crippen LogP contribution in [0.1, 0.15) is 22.8 Å². The number of halogens is 3. The van der Waals surface area contributed by atoms with E-state index in [1.54, 1.807) is 7.05 Å². The van der Waals surface area contributed by atoms with Crippen molar-refractivity contribution in [1.29, 1.82) is 0 Å². The van der Waals surface area contributed by atoms with Gasteiger partial charge in [-0.3, -0.25) is 4.99 Å². The van der Waals surface area contributed by atoms with Crippen LogP contribution in [-0.2, 0) is 4.74 Å². The molecule has 0 saturated carbocycles. The number of hydrogen-bond acceptors (Lipinski definition) is 2. The van der Waals surface area contributed by atoms with E-state index in [-0.39, 0.29) is 30.1 Å². The molecule has 0 radical (unpaired) electrons. The fourth-order valence-electron chi connectivity index (χ4n) is 2.72. The number of morpholine rings is 1. The summed E-state index contributed by atoms with van der Waals surface area (Å²) in [6.07, 6.45) is -2.47. The molecule has 0 bridgehead atoms. The zero-order valence-corrected chi connectivity index (χ0v) is 16.0. The van der Waals surface area contributed by atoms with Crippen LogP contribution in [0.25, 0.3) is 0 Å². The first-order chi connectivity index (χ1) is 10.5. The Hall–Kier alpha value is -0.960. The lowest BCUT2D eigenvalue weighted by Gasteiger charge is -2.35. The molecule has 130 valence electrons. The summed E-state index contributed by atoms with van der Waals surface area (Å²) >= 11 is 0. The maximum absolute atomic E-state index is 12.4. The highest BCUT2D eigenvalue weighted by atomic mass is 127. The number of ether oxygens (including phenoxy) is 1. The first-order valence-electron chi connectivity index (χ1n) is 7.43. The summed E-state index contributed by atoms with van der Waals surface area (Å²) in [7, 11) is 1.61. The molecular formula is C16H24F2IN3O. The average molecular weight is 439 g/mol. The lowest BCUT2D eigenvalue weighted by atomic mass is 10.00. The standard InChI is InChI=1S/C16H23F2N3O.HI/c1-11-4-5-13(12(2)8-11)14-10-21(6-7-22-14)16(19-3)20-9-15(17)18;/h4-5,8,14-15H,6-7,9-10H2,1-3H3,(H,19,20);1H. The molecule has 1 unspecified atom stereocenters. The van der Waals surface area contributed by atoms with E-state index in [1.165, 1.54) is 11.1 Å². The molecule has 4 nitrogen and oxygen atoms in total. The minimum Gasteiger partial charge on any atom is -0.370 e. The van der Waals surface area contributed by atoms with Crippen LogP contribution in [0.15, 0.2) is 23.2 Å². The topological polar surface area (TPSA) is 36.9 Å². The number of benzene rings is 1. The largest absolute Gasteiger partial charge is 0.370 e. The normalized spacial score (nSPS) is 18.8. The van der Waals surface area contributed by atoms with Gasteiger partial charge in [-0.05, 0) is 25.0 Å². The van der Waals surface area contributed by atoms with Crippen molar-refractivity contribution >= 4 is 29.9 Å². The molecule has 1 aromatic rings. The van der Waals surface area contributed by atoms with Crippen molar-refractivity contribution in [1.82, 2.24) is 10.2 Å². The van der Waals surface area contributed by atoms with E-state index in [1.807, 2.05) is 4.90 Å². The fourth-order valence-corrected chi connectivity index (χ4v) is 2.72. The second-order valence-electron chi connectivity index (χ2n) is 5.48. The van der Waals surface area contributed by atoms with Gasteiger partial charge in [0.1, 0.15) is 6.10 Å². The van der Waals surface area contributed by atoms with Crippen molar-refractivity contribution in [2.75, 3.05) is 33.3 Å². The number of rotatable bonds is 3. The van der Waals surface area contributed by atoms with Gasteiger partial charge in [0.2, 0.25) is 0 Å². The van der Waals surface area contributed by atoms with Crippen molar-refractivity contribution in [2.24, 2.45) is 4.99 Å². The molecule has 1 aliphatic rings. The van der Waals surface area contributed by atoms with Gasteiger partial charge in [0, 0.05) is 13.6 Å². The number of aryl methyl sites for hydroxylation is 2. The van der Waals surface area contributed by atoms with Crippen molar-refractivity contribution in [3.63, 3.8) is 0 Å². The number of guanidine groups is 1. The zero-order chi connectivity index (χ0) is 16.1. The highest BCUT2D eigenvalue weighted by Crippen LogP contribution is 2.25. The Morgan fingerprint density at radius 1 is 1.43 bits per heavy atom. The van der Waals surface area contributed by atoms with Gasteiger partial charge in [-0.2, -0.15) is 0 Å². The van der Waals surface area contributed by atoms with Crippen LogP contribution in [0.3, 0.4) is 0 Å². The smallest absolute Gasteiger partial charge is 0.255 e. The Bertz CT molecular complexity index is 540. The maximum Gasteiger partial charge on any atom is 0.255 e. The molecule has 1 aromatic carbocycles. The van der Waals surface area contributed by atoms with Gasteiger partial charge in [-0.25, -0.2) is 8.78 Å². The minimum atomic E-state index is -2.40. The van der Waals surface area contributed by atoms with Crippen molar-refractivity contribution < 1.29 is 13.5 Å². The molecule has 0 aliphatic carbocycles. The Morgan fingerprint density at radius 3 is 2.78 bits per heavy atom. The number of aliphatic imine (C=N–C) groups is 1. The SMILES string of the molecule is CN=C(NCC(F)F)N1CCOC(c2ccc(C)cc2C)C1.I. The third-order valence-electron chi connectivity index (χ3n) is 3.76. The zero-order valence-electron chi connectivity index (χ0n) is 13.7. The van der Waals surface area contributed by atoms with E-state index in [0.717, 1.165) is 5.56 Å². The number of hydrogen-bond donors (Lipinski definition) is 1. The third kappa shape index (κ3) is 5.56. The van der Waals surface area contributed by atoms with Gasteiger partial charge in [0.15, 0.2) is 5.96 Å². The first kappa shape index (κ1) is 20.1. The second-order valence-corrected chi connectivity index (χ2v) is 5.48. The van der Waals surface area contributed by atoms with E-state index in [9.17, 15) is 8.78 Å². The molecule has 0 amide bonds. The summed E-state index contributed by atoms with van der Waals surface area (Å²) in [4.78, 5) is 6.06. The molecule has 1 aliphatic heterocycles. The van der Waals surface area contributed by atoms with Crippen molar-refractivity contribution in [3.05, 3.63) is 34.9 Å².